The van der Waals surface area contributed by atoms with Crippen LogP contribution in [0.4, 0.5) is 0 Å². The van der Waals surface area contributed by atoms with E-state index >= 15 is 0 Å². The van der Waals surface area contributed by atoms with E-state index in [0.29, 0.717) is 5.56 Å². The molecule has 2 N–H and O–H groups in total. The number of benzene rings is 3. The molecule has 0 atom stereocenters. The molecule has 0 amide bonds. The summed E-state index contributed by atoms with van der Waals surface area (Å²) in [7, 11) is 0. The lowest BCUT2D eigenvalue weighted by molar-refractivity contribution is 0.100. The van der Waals surface area contributed by atoms with Gasteiger partial charge in [-0.05, 0) is 28.3 Å². The highest BCUT2D eigenvalue weighted by atomic mass is 35.5. The molecule has 0 spiro atoms. The van der Waals surface area contributed by atoms with Crippen molar-refractivity contribution >= 4 is 38.9 Å². The molecule has 3 aromatic carbocycles. The zero-order chi connectivity index (χ0) is 13.4. The molecule has 19 heavy (non-hydrogen) atoms. The number of hydrogen-bond acceptors (Lipinski definition) is 2. The van der Waals surface area contributed by atoms with Crippen molar-refractivity contribution in [2.45, 2.75) is 0 Å². The van der Waals surface area contributed by atoms with E-state index in [1.165, 1.54) is 0 Å². The van der Waals surface area contributed by atoms with Gasteiger partial charge in [0.05, 0.1) is 6.54 Å². The van der Waals surface area contributed by atoms with Crippen LogP contribution in [0.25, 0.3) is 21.5 Å². The van der Waals surface area contributed by atoms with Crippen molar-refractivity contribution in [3.05, 3.63) is 59.1 Å². The van der Waals surface area contributed by atoms with E-state index in [9.17, 15) is 4.79 Å². The molecule has 0 fully saturated rings. The zero-order valence-electron chi connectivity index (χ0n) is 10.2. The van der Waals surface area contributed by atoms with Crippen LogP contribution in [0, 0.1) is 0 Å². The Morgan fingerprint density at radius 3 is 2.47 bits per heavy atom. The van der Waals surface area contributed by atoms with Gasteiger partial charge in [-0.3, -0.25) is 4.79 Å². The highest BCUT2D eigenvalue weighted by Crippen LogP contribution is 2.32. The van der Waals surface area contributed by atoms with Crippen LogP contribution in [0.1, 0.15) is 10.4 Å². The van der Waals surface area contributed by atoms with Crippen LogP contribution in [0.2, 0.25) is 5.02 Å². The fourth-order valence-corrected chi connectivity index (χ4v) is 2.63. The first-order chi connectivity index (χ1) is 9.20. The number of carbonyl (C=O) groups is 1. The van der Waals surface area contributed by atoms with Crippen LogP contribution in [-0.4, -0.2) is 12.3 Å². The van der Waals surface area contributed by atoms with E-state index in [1.807, 2.05) is 42.5 Å². The highest BCUT2D eigenvalue weighted by Gasteiger charge is 2.08. The molecule has 0 bridgehead atoms. The van der Waals surface area contributed by atoms with E-state index < -0.39 is 0 Å². The van der Waals surface area contributed by atoms with Gasteiger partial charge in [0.1, 0.15) is 0 Å². The molecular formula is C16H12ClNO. The molecule has 0 heterocycles. The van der Waals surface area contributed by atoms with Crippen LogP contribution in [-0.2, 0) is 0 Å². The second-order valence-corrected chi connectivity index (χ2v) is 4.87. The molecule has 3 rings (SSSR count). The molecule has 0 aliphatic carbocycles. The Kier molecular flexibility index (Phi) is 2.97. The summed E-state index contributed by atoms with van der Waals surface area (Å²) in [5.41, 5.74) is 6.06. The van der Waals surface area contributed by atoms with E-state index in [4.69, 9.17) is 17.3 Å². The minimum atomic E-state index is -0.0547. The predicted octanol–water partition coefficient (Wildman–Crippen LogP) is 3.79. The first kappa shape index (κ1) is 12.2. The Labute approximate surface area is 115 Å². The minimum absolute atomic E-state index is 0.0248. The first-order valence-electron chi connectivity index (χ1n) is 6.05. The number of ketones is 1. The van der Waals surface area contributed by atoms with Gasteiger partial charge in [0.15, 0.2) is 5.78 Å². The number of halogens is 1. The van der Waals surface area contributed by atoms with E-state index in [2.05, 4.69) is 0 Å². The van der Waals surface area contributed by atoms with Gasteiger partial charge in [-0.25, -0.2) is 0 Å². The van der Waals surface area contributed by atoms with Crippen molar-refractivity contribution in [2.24, 2.45) is 5.73 Å². The van der Waals surface area contributed by atoms with Crippen LogP contribution < -0.4 is 5.73 Å². The van der Waals surface area contributed by atoms with E-state index in [0.717, 1.165) is 26.6 Å². The molecule has 3 aromatic rings. The maximum Gasteiger partial charge on any atom is 0.176 e. The fraction of sp³-hybridized carbons (Fsp3) is 0.0625. The molecule has 94 valence electrons. The standard InChI is InChI=1S/C16H12ClNO/c17-15-8-10-5-6-11(16(19)9-18)7-14(10)12-3-1-2-4-13(12)15/h1-8H,9,18H2. The molecule has 0 aromatic heterocycles. The van der Waals surface area contributed by atoms with Gasteiger partial charge in [0.2, 0.25) is 0 Å². The lowest BCUT2D eigenvalue weighted by Gasteiger charge is -2.07. The lowest BCUT2D eigenvalue weighted by Crippen LogP contribution is -2.13. The number of carbonyl (C=O) groups excluding carboxylic acids is 1. The number of hydrogen-bond donors (Lipinski definition) is 1. The third kappa shape index (κ3) is 1.99. The third-order valence-electron chi connectivity index (χ3n) is 3.32. The van der Waals surface area contributed by atoms with Gasteiger partial charge in [0.25, 0.3) is 0 Å². The van der Waals surface area contributed by atoms with Crippen molar-refractivity contribution in [3.8, 4) is 0 Å². The zero-order valence-corrected chi connectivity index (χ0v) is 10.9. The number of nitrogens with two attached hydrogens (primary N) is 1. The first-order valence-corrected chi connectivity index (χ1v) is 6.43. The largest absolute Gasteiger partial charge is 0.324 e. The normalized spacial score (nSPS) is 11.1. The molecule has 0 aliphatic rings. The van der Waals surface area contributed by atoms with Crippen molar-refractivity contribution in [2.75, 3.05) is 6.54 Å². The summed E-state index contributed by atoms with van der Waals surface area (Å²) in [6.07, 6.45) is 0. The van der Waals surface area contributed by atoms with E-state index in [1.54, 1.807) is 6.07 Å². The van der Waals surface area contributed by atoms with Gasteiger partial charge >= 0.3 is 0 Å². The van der Waals surface area contributed by atoms with Crippen LogP contribution >= 0.6 is 11.6 Å². The van der Waals surface area contributed by atoms with Gasteiger partial charge in [-0.2, -0.15) is 0 Å². The second-order valence-electron chi connectivity index (χ2n) is 4.47. The Morgan fingerprint density at radius 2 is 1.74 bits per heavy atom. The van der Waals surface area contributed by atoms with Crippen LogP contribution in [0.3, 0.4) is 0 Å². The van der Waals surface area contributed by atoms with Gasteiger partial charge in [0, 0.05) is 16.0 Å². The lowest BCUT2D eigenvalue weighted by atomic mass is 9.98. The summed E-state index contributed by atoms with van der Waals surface area (Å²) in [4.78, 5) is 11.7. The van der Waals surface area contributed by atoms with Gasteiger partial charge < -0.3 is 5.73 Å². The Bertz CT molecular complexity index is 795. The predicted molar refractivity (Wildman–Crippen MR) is 79.8 cm³/mol. The Balaban J connectivity index is 2.41. The summed E-state index contributed by atoms with van der Waals surface area (Å²) >= 11 is 6.28. The SMILES string of the molecule is NCC(=O)c1ccc2cc(Cl)c3ccccc3c2c1. The molecule has 0 radical (unpaired) electrons. The topological polar surface area (TPSA) is 43.1 Å². The summed E-state index contributed by atoms with van der Waals surface area (Å²) in [6, 6.07) is 15.4. The fourth-order valence-electron chi connectivity index (χ4n) is 2.35. The van der Waals surface area contributed by atoms with Crippen molar-refractivity contribution < 1.29 is 4.79 Å². The minimum Gasteiger partial charge on any atom is -0.324 e. The van der Waals surface area contributed by atoms with E-state index in [-0.39, 0.29) is 12.3 Å². The molecular weight excluding hydrogens is 258 g/mol. The van der Waals surface area contributed by atoms with Crippen molar-refractivity contribution in [1.29, 1.82) is 0 Å². The Hall–Kier alpha value is -1.90. The number of fused-ring (bicyclic) bond motifs is 3. The number of rotatable bonds is 2. The summed E-state index contributed by atoms with van der Waals surface area (Å²) in [5.74, 6) is -0.0547. The summed E-state index contributed by atoms with van der Waals surface area (Å²) in [5, 5.41) is 4.82. The second kappa shape index (κ2) is 4.65. The molecule has 2 nitrogen and oxygen atoms in total. The van der Waals surface area contributed by atoms with Gasteiger partial charge in [-0.1, -0.05) is 48.0 Å². The smallest absolute Gasteiger partial charge is 0.176 e. The molecule has 0 unspecified atom stereocenters. The van der Waals surface area contributed by atoms with Crippen molar-refractivity contribution in [1.82, 2.24) is 0 Å². The van der Waals surface area contributed by atoms with Crippen molar-refractivity contribution in [3.63, 3.8) is 0 Å². The average molecular weight is 270 g/mol. The molecule has 0 saturated carbocycles. The Morgan fingerprint density at radius 1 is 1.00 bits per heavy atom. The highest BCUT2D eigenvalue weighted by molar-refractivity contribution is 6.37. The van der Waals surface area contributed by atoms with Crippen LogP contribution in [0.15, 0.2) is 48.5 Å². The van der Waals surface area contributed by atoms with Gasteiger partial charge in [-0.15, -0.1) is 0 Å². The summed E-state index contributed by atoms with van der Waals surface area (Å²) in [6.45, 7) is 0.0248. The molecule has 0 aliphatic heterocycles. The quantitative estimate of drug-likeness (QED) is 0.568. The average Bonchev–Trinajstić information content (AvgIpc) is 2.46. The van der Waals surface area contributed by atoms with Crippen LogP contribution in [0.5, 0.6) is 0 Å². The molecule has 3 heteroatoms. The maximum absolute atomic E-state index is 11.7. The number of Topliss-reactive ketones (excluding diaryl/α,β-unsaturated/α-hetero) is 1. The molecule has 0 saturated heterocycles. The monoisotopic (exact) mass is 269 g/mol. The maximum atomic E-state index is 11.7. The third-order valence-corrected chi connectivity index (χ3v) is 3.63. The summed E-state index contributed by atoms with van der Waals surface area (Å²) < 4.78 is 0.